The zero-order valence-electron chi connectivity index (χ0n) is 13.5. The maximum absolute atomic E-state index is 5.52. The van der Waals surface area contributed by atoms with Gasteiger partial charge >= 0.3 is 0 Å². The lowest BCUT2D eigenvalue weighted by Gasteiger charge is -2.12. The van der Waals surface area contributed by atoms with E-state index in [9.17, 15) is 0 Å². The Labute approximate surface area is 142 Å². The van der Waals surface area contributed by atoms with Crippen LogP contribution in [0.15, 0.2) is 23.3 Å². The quantitative estimate of drug-likeness (QED) is 0.451. The Hall–Kier alpha value is -1.86. The van der Waals surface area contributed by atoms with Gasteiger partial charge in [0.05, 0.1) is 26.0 Å². The van der Waals surface area contributed by atoms with Crippen molar-refractivity contribution < 1.29 is 14.2 Å². The molecule has 0 aromatic heterocycles. The van der Waals surface area contributed by atoms with Crippen LogP contribution in [0.25, 0.3) is 0 Å². The van der Waals surface area contributed by atoms with E-state index in [-0.39, 0.29) is 6.10 Å². The van der Waals surface area contributed by atoms with Crippen molar-refractivity contribution in [3.05, 3.63) is 23.8 Å². The van der Waals surface area contributed by atoms with E-state index >= 15 is 0 Å². The van der Waals surface area contributed by atoms with Crippen LogP contribution in [0.2, 0.25) is 0 Å². The fourth-order valence-corrected chi connectivity index (χ4v) is 2.39. The molecular formula is C16H23N3O3S. The number of nitrogens with zero attached hydrogens (tertiary/aromatic N) is 1. The van der Waals surface area contributed by atoms with E-state index in [2.05, 4.69) is 15.8 Å². The first-order valence-corrected chi connectivity index (χ1v) is 8.13. The van der Waals surface area contributed by atoms with Crippen molar-refractivity contribution in [1.82, 2.24) is 10.7 Å². The van der Waals surface area contributed by atoms with Crippen LogP contribution in [0.5, 0.6) is 11.5 Å². The average Bonchev–Trinajstić information content (AvgIpc) is 3.08. The van der Waals surface area contributed by atoms with Gasteiger partial charge in [-0.1, -0.05) is 0 Å². The van der Waals surface area contributed by atoms with Crippen molar-refractivity contribution >= 4 is 23.5 Å². The van der Waals surface area contributed by atoms with Crippen LogP contribution in [-0.4, -0.2) is 44.3 Å². The van der Waals surface area contributed by atoms with E-state index in [0.29, 0.717) is 29.8 Å². The summed E-state index contributed by atoms with van der Waals surface area (Å²) in [5.74, 6) is 1.39. The molecule has 0 aliphatic carbocycles. The Bertz CT molecular complexity index is 545. The number of hydrazone groups is 1. The van der Waals surface area contributed by atoms with Crippen molar-refractivity contribution in [2.45, 2.75) is 25.9 Å². The molecule has 0 bridgehead atoms. The summed E-state index contributed by atoms with van der Waals surface area (Å²) < 4.78 is 16.3. The Morgan fingerprint density at radius 1 is 1.48 bits per heavy atom. The molecule has 0 amide bonds. The predicted molar refractivity (Wildman–Crippen MR) is 94.5 cm³/mol. The molecule has 2 N–H and O–H groups in total. The first-order chi connectivity index (χ1) is 11.2. The zero-order valence-corrected chi connectivity index (χ0v) is 14.3. The number of nitrogens with one attached hydrogen (secondary N) is 2. The predicted octanol–water partition coefficient (Wildman–Crippen LogP) is 2.07. The fourth-order valence-electron chi connectivity index (χ4n) is 2.26. The van der Waals surface area contributed by atoms with Crippen LogP contribution in [-0.2, 0) is 4.74 Å². The number of hydrogen-bond donors (Lipinski definition) is 2. The van der Waals surface area contributed by atoms with Crippen molar-refractivity contribution in [1.29, 1.82) is 0 Å². The fraction of sp³-hybridized carbons (Fsp3) is 0.500. The highest BCUT2D eigenvalue weighted by Gasteiger charge is 2.14. The molecule has 1 heterocycles. The summed E-state index contributed by atoms with van der Waals surface area (Å²) in [5, 5.41) is 7.70. The normalized spacial score (nSPS) is 17.2. The van der Waals surface area contributed by atoms with E-state index in [1.807, 2.05) is 25.1 Å². The Morgan fingerprint density at radius 3 is 3.04 bits per heavy atom. The molecular weight excluding hydrogens is 314 g/mol. The monoisotopic (exact) mass is 337 g/mol. The molecule has 1 aromatic carbocycles. The molecule has 126 valence electrons. The van der Waals surface area contributed by atoms with Crippen LogP contribution in [0.3, 0.4) is 0 Å². The van der Waals surface area contributed by atoms with Gasteiger partial charge in [-0.15, -0.1) is 0 Å². The lowest BCUT2D eigenvalue weighted by atomic mass is 10.2. The third-order valence-corrected chi connectivity index (χ3v) is 3.62. The second-order valence-corrected chi connectivity index (χ2v) is 5.47. The third-order valence-electron chi connectivity index (χ3n) is 3.38. The van der Waals surface area contributed by atoms with Gasteiger partial charge in [-0.3, -0.25) is 5.43 Å². The van der Waals surface area contributed by atoms with Gasteiger partial charge in [0, 0.05) is 13.2 Å². The second-order valence-electron chi connectivity index (χ2n) is 5.06. The number of ether oxygens (including phenoxy) is 3. The topological polar surface area (TPSA) is 64.1 Å². The lowest BCUT2D eigenvalue weighted by Crippen LogP contribution is -2.37. The maximum Gasteiger partial charge on any atom is 0.187 e. The van der Waals surface area contributed by atoms with Gasteiger partial charge in [-0.25, -0.2) is 0 Å². The molecule has 0 saturated carbocycles. The van der Waals surface area contributed by atoms with Gasteiger partial charge in [0.15, 0.2) is 16.6 Å². The Balaban J connectivity index is 1.81. The molecule has 23 heavy (non-hydrogen) atoms. The van der Waals surface area contributed by atoms with Crippen LogP contribution >= 0.6 is 12.2 Å². The lowest BCUT2D eigenvalue weighted by molar-refractivity contribution is 0.114. The maximum atomic E-state index is 5.52. The van der Waals surface area contributed by atoms with E-state index in [1.54, 1.807) is 13.3 Å². The number of thiocarbonyl (C=S) groups is 1. The highest BCUT2D eigenvalue weighted by Crippen LogP contribution is 2.27. The molecule has 0 unspecified atom stereocenters. The minimum absolute atomic E-state index is 0.245. The summed E-state index contributed by atoms with van der Waals surface area (Å²) in [5.41, 5.74) is 3.68. The van der Waals surface area contributed by atoms with Crippen LogP contribution < -0.4 is 20.2 Å². The highest BCUT2D eigenvalue weighted by molar-refractivity contribution is 7.80. The minimum Gasteiger partial charge on any atom is -0.493 e. The van der Waals surface area contributed by atoms with Crippen molar-refractivity contribution in [2.24, 2.45) is 5.10 Å². The van der Waals surface area contributed by atoms with Gasteiger partial charge < -0.3 is 19.5 Å². The molecule has 1 atom stereocenters. The summed E-state index contributed by atoms with van der Waals surface area (Å²) >= 11 is 5.17. The van der Waals surface area contributed by atoms with E-state index in [4.69, 9.17) is 26.4 Å². The smallest absolute Gasteiger partial charge is 0.187 e. The molecule has 1 aliphatic rings. The van der Waals surface area contributed by atoms with Crippen LogP contribution in [0.1, 0.15) is 25.3 Å². The van der Waals surface area contributed by atoms with Crippen LogP contribution in [0.4, 0.5) is 0 Å². The van der Waals surface area contributed by atoms with Crippen molar-refractivity contribution in [3.8, 4) is 11.5 Å². The summed E-state index contributed by atoms with van der Waals surface area (Å²) in [6.07, 6.45) is 4.11. The molecule has 0 radical (unpaired) electrons. The molecule has 2 rings (SSSR count). The molecule has 1 fully saturated rings. The number of benzene rings is 1. The Kier molecular flexibility index (Phi) is 7.09. The van der Waals surface area contributed by atoms with E-state index < -0.39 is 0 Å². The van der Waals surface area contributed by atoms with Gasteiger partial charge in [-0.05, 0) is 55.7 Å². The summed E-state index contributed by atoms with van der Waals surface area (Å²) in [7, 11) is 1.61. The van der Waals surface area contributed by atoms with E-state index in [1.165, 1.54) is 0 Å². The number of hydrogen-bond acceptors (Lipinski definition) is 5. The first-order valence-electron chi connectivity index (χ1n) is 7.72. The molecule has 1 aliphatic heterocycles. The largest absolute Gasteiger partial charge is 0.493 e. The second kappa shape index (κ2) is 9.32. The SMILES string of the molecule is CCOc1ccc(/C=N\NC(=S)NC[C@@H]2CCCO2)cc1OC. The zero-order chi connectivity index (χ0) is 16.5. The van der Waals surface area contributed by atoms with Crippen molar-refractivity contribution in [3.63, 3.8) is 0 Å². The average molecular weight is 337 g/mol. The van der Waals surface area contributed by atoms with Crippen molar-refractivity contribution in [2.75, 3.05) is 26.9 Å². The molecule has 1 saturated heterocycles. The van der Waals surface area contributed by atoms with Gasteiger partial charge in [-0.2, -0.15) is 5.10 Å². The summed E-state index contributed by atoms with van der Waals surface area (Å²) in [6, 6.07) is 5.62. The van der Waals surface area contributed by atoms with Gasteiger partial charge in [0.25, 0.3) is 0 Å². The van der Waals surface area contributed by atoms with E-state index in [0.717, 1.165) is 25.0 Å². The number of rotatable bonds is 7. The van der Waals surface area contributed by atoms with Crippen LogP contribution in [0, 0.1) is 0 Å². The molecule has 1 aromatic rings. The molecule has 7 heteroatoms. The Morgan fingerprint density at radius 2 is 2.35 bits per heavy atom. The third kappa shape index (κ3) is 5.69. The van der Waals surface area contributed by atoms with Gasteiger partial charge in [0.2, 0.25) is 0 Å². The summed E-state index contributed by atoms with van der Waals surface area (Å²) in [6.45, 7) is 4.07. The molecule has 0 spiro atoms. The first kappa shape index (κ1) is 17.5. The highest BCUT2D eigenvalue weighted by atomic mass is 32.1. The standard InChI is InChI=1S/C16H23N3O3S/c1-3-21-14-7-6-12(9-15(14)20-2)10-18-19-16(23)17-11-13-5-4-8-22-13/h6-7,9-10,13H,3-5,8,11H2,1-2H3,(H2,17,19,23)/b18-10-/t13-/m0/s1. The minimum atomic E-state index is 0.245. The summed E-state index contributed by atoms with van der Waals surface area (Å²) in [4.78, 5) is 0. The molecule has 6 nitrogen and oxygen atoms in total. The number of methoxy groups -OCH3 is 1. The van der Waals surface area contributed by atoms with Gasteiger partial charge in [0.1, 0.15) is 0 Å².